The first kappa shape index (κ1) is 17.1. The molecule has 1 aliphatic carbocycles. The van der Waals surface area contributed by atoms with E-state index in [4.69, 9.17) is 17.4 Å². The lowest BCUT2D eigenvalue weighted by Crippen LogP contribution is -2.19. The largest absolute Gasteiger partial charge is 0.336 e. The molecule has 24 heavy (non-hydrogen) atoms. The summed E-state index contributed by atoms with van der Waals surface area (Å²) in [4.78, 5) is 12.0. The minimum Gasteiger partial charge on any atom is -0.336 e. The molecule has 3 rings (SSSR count). The van der Waals surface area contributed by atoms with Crippen molar-refractivity contribution in [1.29, 1.82) is 0 Å². The summed E-state index contributed by atoms with van der Waals surface area (Å²) in [6.07, 6.45) is 5.91. The SMILES string of the molecule is Nn1c(SCC(=O)Nc2cccc(Cl)c2)nnc1C1CCCCC1. The summed E-state index contributed by atoms with van der Waals surface area (Å²) in [5, 5.41) is 12.3. The Bertz CT molecular complexity index is 714. The van der Waals surface area contributed by atoms with E-state index >= 15 is 0 Å². The van der Waals surface area contributed by atoms with Crippen LogP contribution in [0.5, 0.6) is 0 Å². The fraction of sp³-hybridized carbons (Fsp3) is 0.438. The molecule has 1 fully saturated rings. The summed E-state index contributed by atoms with van der Waals surface area (Å²) in [5.41, 5.74) is 0.671. The van der Waals surface area contributed by atoms with Crippen molar-refractivity contribution in [2.45, 2.75) is 43.2 Å². The minimum absolute atomic E-state index is 0.135. The Labute approximate surface area is 150 Å². The van der Waals surface area contributed by atoms with Gasteiger partial charge in [0.2, 0.25) is 11.1 Å². The van der Waals surface area contributed by atoms with Crippen LogP contribution in [0.2, 0.25) is 5.02 Å². The van der Waals surface area contributed by atoms with Crippen LogP contribution in [0.3, 0.4) is 0 Å². The third-order valence-corrected chi connectivity index (χ3v) is 5.28. The molecule has 3 N–H and O–H groups in total. The highest BCUT2D eigenvalue weighted by atomic mass is 35.5. The number of rotatable bonds is 5. The molecule has 1 amide bonds. The molecule has 0 saturated heterocycles. The molecule has 2 aromatic rings. The summed E-state index contributed by atoms with van der Waals surface area (Å²) in [6.45, 7) is 0. The monoisotopic (exact) mass is 365 g/mol. The van der Waals surface area contributed by atoms with Crippen LogP contribution in [0, 0.1) is 0 Å². The van der Waals surface area contributed by atoms with Gasteiger partial charge in [-0.05, 0) is 31.0 Å². The fourth-order valence-corrected chi connectivity index (χ4v) is 3.77. The Morgan fingerprint density at radius 1 is 1.33 bits per heavy atom. The average Bonchev–Trinajstić information content (AvgIpc) is 2.94. The van der Waals surface area contributed by atoms with E-state index in [1.165, 1.54) is 35.7 Å². The number of hydrogen-bond donors (Lipinski definition) is 2. The standard InChI is InChI=1S/C16H20ClN5OS/c17-12-7-4-8-13(9-12)19-14(23)10-24-16-21-20-15(22(16)18)11-5-2-1-3-6-11/h4,7-9,11H,1-3,5-6,10,18H2,(H,19,23). The van der Waals surface area contributed by atoms with Crippen LogP contribution < -0.4 is 11.2 Å². The molecule has 1 aromatic heterocycles. The van der Waals surface area contributed by atoms with Crippen LogP contribution in [-0.4, -0.2) is 26.5 Å². The first-order valence-electron chi connectivity index (χ1n) is 8.02. The third-order valence-electron chi connectivity index (χ3n) is 4.10. The molecule has 0 bridgehead atoms. The highest BCUT2D eigenvalue weighted by molar-refractivity contribution is 7.99. The number of anilines is 1. The molecule has 8 heteroatoms. The van der Waals surface area contributed by atoms with Crippen molar-refractivity contribution in [3.05, 3.63) is 35.1 Å². The summed E-state index contributed by atoms with van der Waals surface area (Å²) in [5.74, 6) is 7.40. The number of nitrogen functional groups attached to an aromatic ring is 1. The molecule has 1 aliphatic rings. The maximum absolute atomic E-state index is 12.0. The van der Waals surface area contributed by atoms with Crippen molar-refractivity contribution in [2.75, 3.05) is 16.9 Å². The summed E-state index contributed by atoms with van der Waals surface area (Å²) in [6, 6.07) is 7.05. The van der Waals surface area contributed by atoms with Gasteiger partial charge in [0.15, 0.2) is 5.82 Å². The number of aromatic nitrogens is 3. The number of thioether (sulfide) groups is 1. The molecule has 1 saturated carbocycles. The average molecular weight is 366 g/mol. The van der Waals surface area contributed by atoms with Gasteiger partial charge in [-0.1, -0.05) is 48.7 Å². The van der Waals surface area contributed by atoms with Gasteiger partial charge in [-0.2, -0.15) is 0 Å². The number of hydrogen-bond acceptors (Lipinski definition) is 5. The third kappa shape index (κ3) is 4.21. The van der Waals surface area contributed by atoms with Gasteiger partial charge in [0.1, 0.15) is 0 Å². The molecule has 6 nitrogen and oxygen atoms in total. The predicted molar refractivity (Wildman–Crippen MR) is 96.8 cm³/mol. The smallest absolute Gasteiger partial charge is 0.234 e. The minimum atomic E-state index is -0.135. The van der Waals surface area contributed by atoms with Crippen LogP contribution >= 0.6 is 23.4 Å². The molecule has 0 atom stereocenters. The quantitative estimate of drug-likeness (QED) is 0.626. The van der Waals surface area contributed by atoms with Crippen LogP contribution in [0.4, 0.5) is 5.69 Å². The Balaban J connectivity index is 1.56. The van der Waals surface area contributed by atoms with E-state index in [0.29, 0.717) is 21.8 Å². The zero-order chi connectivity index (χ0) is 16.9. The number of amides is 1. The highest BCUT2D eigenvalue weighted by Crippen LogP contribution is 2.32. The molecule has 0 aliphatic heterocycles. The Kier molecular flexibility index (Phi) is 5.63. The van der Waals surface area contributed by atoms with Gasteiger partial charge in [0.25, 0.3) is 0 Å². The topological polar surface area (TPSA) is 85.8 Å². The molecule has 1 heterocycles. The van der Waals surface area contributed by atoms with Crippen LogP contribution in [0.25, 0.3) is 0 Å². The zero-order valence-electron chi connectivity index (χ0n) is 13.2. The molecule has 0 unspecified atom stereocenters. The molecule has 0 radical (unpaired) electrons. The second-order valence-corrected chi connectivity index (χ2v) is 7.27. The summed E-state index contributed by atoms with van der Waals surface area (Å²) in [7, 11) is 0. The van der Waals surface area contributed by atoms with Gasteiger partial charge >= 0.3 is 0 Å². The van der Waals surface area contributed by atoms with E-state index in [0.717, 1.165) is 18.7 Å². The van der Waals surface area contributed by atoms with E-state index < -0.39 is 0 Å². The van der Waals surface area contributed by atoms with Crippen molar-refractivity contribution >= 4 is 35.0 Å². The summed E-state index contributed by atoms with van der Waals surface area (Å²) < 4.78 is 1.54. The van der Waals surface area contributed by atoms with Gasteiger partial charge in [0, 0.05) is 16.6 Å². The Morgan fingerprint density at radius 3 is 2.88 bits per heavy atom. The predicted octanol–water partition coefficient (Wildman–Crippen LogP) is 3.42. The van der Waals surface area contributed by atoms with Crippen molar-refractivity contribution in [1.82, 2.24) is 14.9 Å². The van der Waals surface area contributed by atoms with Crippen LogP contribution in [-0.2, 0) is 4.79 Å². The number of benzene rings is 1. The van der Waals surface area contributed by atoms with Crippen LogP contribution in [0.15, 0.2) is 29.4 Å². The molecular weight excluding hydrogens is 346 g/mol. The van der Waals surface area contributed by atoms with Crippen LogP contribution in [0.1, 0.15) is 43.8 Å². The molecular formula is C16H20ClN5OS. The van der Waals surface area contributed by atoms with Gasteiger partial charge in [-0.25, -0.2) is 4.68 Å². The lowest BCUT2D eigenvalue weighted by molar-refractivity contribution is -0.113. The number of nitrogens with one attached hydrogen (secondary N) is 1. The van der Waals surface area contributed by atoms with E-state index in [9.17, 15) is 4.79 Å². The van der Waals surface area contributed by atoms with E-state index in [1.54, 1.807) is 24.3 Å². The number of nitrogens with two attached hydrogens (primary N) is 1. The number of carbonyl (C=O) groups is 1. The first-order chi connectivity index (χ1) is 11.6. The second kappa shape index (κ2) is 7.90. The van der Waals surface area contributed by atoms with Gasteiger partial charge in [-0.15, -0.1) is 10.2 Å². The van der Waals surface area contributed by atoms with Crippen molar-refractivity contribution in [3.63, 3.8) is 0 Å². The summed E-state index contributed by atoms with van der Waals surface area (Å²) >= 11 is 7.19. The van der Waals surface area contributed by atoms with Gasteiger partial charge in [0.05, 0.1) is 5.75 Å². The number of carbonyl (C=O) groups excluding carboxylic acids is 1. The second-order valence-electron chi connectivity index (χ2n) is 5.89. The molecule has 1 aromatic carbocycles. The van der Waals surface area contributed by atoms with Crippen molar-refractivity contribution in [2.24, 2.45) is 0 Å². The van der Waals surface area contributed by atoms with E-state index in [1.807, 2.05) is 0 Å². The van der Waals surface area contributed by atoms with E-state index in [-0.39, 0.29) is 11.7 Å². The lowest BCUT2D eigenvalue weighted by atomic mass is 9.89. The van der Waals surface area contributed by atoms with Crippen molar-refractivity contribution < 1.29 is 4.79 Å². The highest BCUT2D eigenvalue weighted by Gasteiger charge is 2.22. The zero-order valence-corrected chi connectivity index (χ0v) is 14.8. The number of nitrogens with zero attached hydrogens (tertiary/aromatic N) is 3. The maximum atomic E-state index is 12.0. The van der Waals surface area contributed by atoms with Gasteiger partial charge in [-0.3, -0.25) is 4.79 Å². The number of halogens is 1. The Hall–Kier alpha value is -1.73. The normalized spacial score (nSPS) is 15.4. The first-order valence-corrected chi connectivity index (χ1v) is 9.38. The van der Waals surface area contributed by atoms with E-state index in [2.05, 4.69) is 15.5 Å². The lowest BCUT2D eigenvalue weighted by Gasteiger charge is -2.20. The maximum Gasteiger partial charge on any atom is 0.234 e. The molecule has 128 valence electrons. The molecule has 0 spiro atoms. The van der Waals surface area contributed by atoms with Gasteiger partial charge < -0.3 is 11.2 Å². The Morgan fingerprint density at radius 2 is 2.12 bits per heavy atom. The fourth-order valence-electron chi connectivity index (χ4n) is 2.92. The van der Waals surface area contributed by atoms with Crippen molar-refractivity contribution in [3.8, 4) is 0 Å².